The summed E-state index contributed by atoms with van der Waals surface area (Å²) in [6.45, 7) is 0.452. The number of aliphatic hydroxyl groups is 1. The van der Waals surface area contributed by atoms with Gasteiger partial charge < -0.3 is 9.84 Å². The first-order valence-corrected chi connectivity index (χ1v) is 7.15. The van der Waals surface area contributed by atoms with Crippen LogP contribution in [0.25, 0.3) is 0 Å². The van der Waals surface area contributed by atoms with E-state index in [1.54, 1.807) is 0 Å². The zero-order valence-electron chi connectivity index (χ0n) is 10.5. The van der Waals surface area contributed by atoms with Gasteiger partial charge >= 0.3 is 0 Å². The Hall–Kier alpha value is -1.54. The Morgan fingerprint density at radius 1 is 1.30 bits per heavy atom. The molecule has 0 aliphatic carbocycles. The summed E-state index contributed by atoms with van der Waals surface area (Å²) in [6, 6.07) is 8.10. The monoisotopic (exact) mass is 310 g/mol. The second-order valence-electron chi connectivity index (χ2n) is 3.91. The van der Waals surface area contributed by atoms with Gasteiger partial charge in [0.05, 0.1) is 16.5 Å². The number of thiophene rings is 1. The minimum Gasteiger partial charge on any atom is -0.488 e. The zero-order valence-corrected chi connectivity index (χ0v) is 12.1. The molecule has 2 aromatic rings. The Labute approximate surface area is 125 Å². The van der Waals surface area contributed by atoms with Gasteiger partial charge in [-0.1, -0.05) is 23.4 Å². The van der Waals surface area contributed by atoms with Crippen LogP contribution in [0.4, 0.5) is 4.39 Å². The first-order valence-electron chi connectivity index (χ1n) is 5.95. The Morgan fingerprint density at radius 2 is 2.15 bits per heavy atom. The third-order valence-electron chi connectivity index (χ3n) is 2.38. The van der Waals surface area contributed by atoms with E-state index >= 15 is 0 Å². The molecule has 0 spiro atoms. The highest BCUT2D eigenvalue weighted by Gasteiger charge is 2.03. The highest BCUT2D eigenvalue weighted by atomic mass is 35.5. The van der Waals surface area contributed by atoms with Gasteiger partial charge in [0.2, 0.25) is 0 Å². The van der Waals surface area contributed by atoms with Crippen LogP contribution < -0.4 is 4.74 Å². The summed E-state index contributed by atoms with van der Waals surface area (Å²) in [5.74, 6) is 5.89. The molecule has 104 valence electrons. The molecule has 0 saturated carbocycles. The number of aliphatic hydroxyl groups excluding tert-OH is 1. The van der Waals surface area contributed by atoms with E-state index < -0.39 is 5.82 Å². The molecule has 5 heteroatoms. The molecule has 1 heterocycles. The Balaban J connectivity index is 1.94. The van der Waals surface area contributed by atoms with E-state index in [4.69, 9.17) is 21.4 Å². The van der Waals surface area contributed by atoms with E-state index in [0.29, 0.717) is 18.8 Å². The Bertz CT molecular complexity index is 643. The standard InChI is InChI=1S/C15H12ClFO2S/c16-14-9-11(4-7-15(14)17)19-10-13-6-5-12(20-13)3-1-2-8-18/h4-7,9,18H,2,8,10H2. The molecular weight excluding hydrogens is 299 g/mol. The van der Waals surface area contributed by atoms with Crippen LogP contribution >= 0.6 is 22.9 Å². The fourth-order valence-corrected chi connectivity index (χ4v) is 2.42. The molecule has 0 saturated heterocycles. The lowest BCUT2D eigenvalue weighted by molar-refractivity contribution is 0.305. The van der Waals surface area contributed by atoms with E-state index in [9.17, 15) is 4.39 Å². The first-order chi connectivity index (χ1) is 9.69. The topological polar surface area (TPSA) is 29.5 Å². The minimum atomic E-state index is -0.461. The summed E-state index contributed by atoms with van der Waals surface area (Å²) in [6.07, 6.45) is 0.470. The molecule has 2 rings (SSSR count). The summed E-state index contributed by atoms with van der Waals surface area (Å²) >= 11 is 7.20. The maximum absolute atomic E-state index is 13.0. The van der Waals surface area contributed by atoms with Crippen molar-refractivity contribution in [3.63, 3.8) is 0 Å². The molecule has 1 N–H and O–H groups in total. The summed E-state index contributed by atoms with van der Waals surface area (Å²) in [5.41, 5.74) is 0. The van der Waals surface area contributed by atoms with Crippen LogP contribution in [-0.4, -0.2) is 11.7 Å². The van der Waals surface area contributed by atoms with Crippen molar-refractivity contribution in [1.82, 2.24) is 0 Å². The van der Waals surface area contributed by atoms with Crippen LogP contribution in [0.2, 0.25) is 5.02 Å². The molecule has 2 nitrogen and oxygen atoms in total. The lowest BCUT2D eigenvalue weighted by Gasteiger charge is -2.04. The predicted octanol–water partition coefficient (Wildman–Crippen LogP) is 3.85. The average molecular weight is 311 g/mol. The van der Waals surface area contributed by atoms with E-state index in [-0.39, 0.29) is 11.6 Å². The molecule has 0 amide bonds. The van der Waals surface area contributed by atoms with Crippen molar-refractivity contribution >= 4 is 22.9 Å². The number of hydrogen-bond donors (Lipinski definition) is 1. The van der Waals surface area contributed by atoms with Gasteiger partial charge in [0.15, 0.2) is 0 Å². The molecule has 0 aliphatic rings. The van der Waals surface area contributed by atoms with E-state index in [1.165, 1.54) is 29.5 Å². The van der Waals surface area contributed by atoms with Crippen LogP contribution in [-0.2, 0) is 6.61 Å². The van der Waals surface area contributed by atoms with Gasteiger partial charge in [-0.05, 0) is 24.3 Å². The summed E-state index contributed by atoms with van der Waals surface area (Å²) < 4.78 is 18.5. The van der Waals surface area contributed by atoms with Gasteiger partial charge in [0.25, 0.3) is 0 Å². The highest BCUT2D eigenvalue weighted by molar-refractivity contribution is 7.12. The minimum absolute atomic E-state index is 0.0456. The molecule has 0 fully saturated rings. The van der Waals surface area contributed by atoms with Crippen molar-refractivity contribution in [2.45, 2.75) is 13.0 Å². The van der Waals surface area contributed by atoms with Gasteiger partial charge in [-0.25, -0.2) is 4.39 Å². The van der Waals surface area contributed by atoms with Gasteiger partial charge in [-0.3, -0.25) is 0 Å². The highest BCUT2D eigenvalue weighted by Crippen LogP contribution is 2.23. The van der Waals surface area contributed by atoms with E-state index in [2.05, 4.69) is 11.8 Å². The maximum atomic E-state index is 13.0. The van der Waals surface area contributed by atoms with Gasteiger partial charge in [0, 0.05) is 17.4 Å². The molecule has 1 aromatic carbocycles. The molecule has 0 radical (unpaired) electrons. The number of hydrogen-bond acceptors (Lipinski definition) is 3. The van der Waals surface area contributed by atoms with Crippen LogP contribution in [0.15, 0.2) is 30.3 Å². The number of rotatable bonds is 4. The molecule has 0 aliphatic heterocycles. The SMILES string of the molecule is OCCC#Cc1ccc(COc2ccc(F)c(Cl)c2)s1. The smallest absolute Gasteiger partial charge is 0.142 e. The first kappa shape index (κ1) is 14.9. The van der Waals surface area contributed by atoms with E-state index in [1.807, 2.05) is 12.1 Å². The predicted molar refractivity (Wildman–Crippen MR) is 78.6 cm³/mol. The molecule has 20 heavy (non-hydrogen) atoms. The number of benzene rings is 1. The van der Waals surface area contributed by atoms with Crippen LogP contribution in [0.3, 0.4) is 0 Å². The third-order valence-corrected chi connectivity index (χ3v) is 3.65. The summed E-state index contributed by atoms with van der Waals surface area (Å²) in [7, 11) is 0. The van der Waals surface area contributed by atoms with Crippen LogP contribution in [0.5, 0.6) is 5.75 Å². The van der Waals surface area contributed by atoms with Crippen molar-refractivity contribution < 1.29 is 14.2 Å². The maximum Gasteiger partial charge on any atom is 0.142 e. The normalized spacial score (nSPS) is 9.95. The third kappa shape index (κ3) is 4.24. The largest absolute Gasteiger partial charge is 0.488 e. The van der Waals surface area contributed by atoms with Crippen molar-refractivity contribution in [3.05, 3.63) is 50.9 Å². The van der Waals surface area contributed by atoms with Gasteiger partial charge in [-0.2, -0.15) is 0 Å². The number of halogens is 2. The lowest BCUT2D eigenvalue weighted by Crippen LogP contribution is -1.93. The van der Waals surface area contributed by atoms with Gasteiger partial charge in [0.1, 0.15) is 18.2 Å². The van der Waals surface area contributed by atoms with Crippen molar-refractivity contribution in [1.29, 1.82) is 0 Å². The van der Waals surface area contributed by atoms with Crippen molar-refractivity contribution in [3.8, 4) is 17.6 Å². The van der Waals surface area contributed by atoms with Crippen molar-refractivity contribution in [2.75, 3.05) is 6.61 Å². The van der Waals surface area contributed by atoms with Crippen LogP contribution in [0.1, 0.15) is 16.2 Å². The fraction of sp³-hybridized carbons (Fsp3) is 0.200. The molecule has 0 atom stereocenters. The zero-order chi connectivity index (χ0) is 14.4. The van der Waals surface area contributed by atoms with Crippen LogP contribution in [0, 0.1) is 17.7 Å². The fourth-order valence-electron chi connectivity index (χ4n) is 1.45. The average Bonchev–Trinajstić information content (AvgIpc) is 2.88. The molecule has 0 unspecified atom stereocenters. The number of ether oxygens (including phenoxy) is 1. The van der Waals surface area contributed by atoms with Crippen molar-refractivity contribution in [2.24, 2.45) is 0 Å². The summed E-state index contributed by atoms with van der Waals surface area (Å²) in [5, 5.41) is 8.69. The Kier molecular flexibility index (Phi) is 5.42. The molecule has 0 bridgehead atoms. The van der Waals surface area contributed by atoms with E-state index in [0.717, 1.165) is 9.75 Å². The quantitative estimate of drug-likeness (QED) is 0.869. The van der Waals surface area contributed by atoms with Gasteiger partial charge in [-0.15, -0.1) is 11.3 Å². The summed E-state index contributed by atoms with van der Waals surface area (Å²) in [4.78, 5) is 1.94. The lowest BCUT2D eigenvalue weighted by atomic mass is 10.3. The molecule has 1 aromatic heterocycles. The molecular formula is C15H12ClFO2S. The Morgan fingerprint density at radius 3 is 2.90 bits per heavy atom. The second-order valence-corrected chi connectivity index (χ2v) is 5.48. The second kappa shape index (κ2) is 7.30.